The van der Waals surface area contributed by atoms with Crippen molar-refractivity contribution in [1.82, 2.24) is 0 Å². The Morgan fingerprint density at radius 2 is 2.05 bits per heavy atom. The van der Waals surface area contributed by atoms with Crippen LogP contribution in [0.5, 0.6) is 0 Å². The average Bonchev–Trinajstić information content (AvgIpc) is 2.46. The number of hydrogen-bond acceptors (Lipinski definition) is 3. The van der Waals surface area contributed by atoms with E-state index in [4.69, 9.17) is 10.5 Å². The summed E-state index contributed by atoms with van der Waals surface area (Å²) in [7, 11) is 2.19. The highest BCUT2D eigenvalue weighted by Gasteiger charge is 2.44. The van der Waals surface area contributed by atoms with Crippen LogP contribution in [0, 0.1) is 13.8 Å². The lowest BCUT2D eigenvalue weighted by molar-refractivity contribution is -0.0928. The second kappa shape index (κ2) is 5.98. The van der Waals surface area contributed by atoms with Gasteiger partial charge in [0.2, 0.25) is 0 Å². The Bertz CT molecular complexity index is 502. The number of hydrogen-bond donors (Lipinski definition) is 1. The van der Waals surface area contributed by atoms with Crippen LogP contribution >= 0.6 is 0 Å². The Morgan fingerprint density at radius 3 is 2.62 bits per heavy atom. The molecule has 2 unspecified atom stereocenters. The molecule has 0 aliphatic carbocycles. The van der Waals surface area contributed by atoms with Crippen molar-refractivity contribution in [2.24, 2.45) is 5.73 Å². The van der Waals surface area contributed by atoms with E-state index in [1.165, 1.54) is 16.8 Å². The summed E-state index contributed by atoms with van der Waals surface area (Å²) in [5.74, 6) is 0. The van der Waals surface area contributed by atoms with Gasteiger partial charge in [-0.05, 0) is 45.2 Å². The largest absolute Gasteiger partial charge is 0.375 e. The van der Waals surface area contributed by atoms with Crippen molar-refractivity contribution < 1.29 is 4.74 Å². The van der Waals surface area contributed by atoms with E-state index in [0.717, 1.165) is 25.9 Å². The molecule has 1 aliphatic rings. The van der Waals surface area contributed by atoms with Crippen LogP contribution in [-0.4, -0.2) is 31.3 Å². The van der Waals surface area contributed by atoms with Gasteiger partial charge in [0.05, 0.1) is 11.1 Å². The third-order valence-electron chi connectivity index (χ3n) is 5.27. The number of nitrogens with zero attached hydrogens (tertiary/aromatic N) is 1. The fourth-order valence-electron chi connectivity index (χ4n) is 3.58. The first-order chi connectivity index (χ1) is 9.86. The van der Waals surface area contributed by atoms with E-state index < -0.39 is 0 Å². The van der Waals surface area contributed by atoms with Gasteiger partial charge in [-0.15, -0.1) is 0 Å². The number of benzene rings is 1. The lowest BCUT2D eigenvalue weighted by Gasteiger charge is -2.51. The fraction of sp³-hybridized carbons (Fsp3) is 0.667. The fourth-order valence-corrected chi connectivity index (χ4v) is 3.58. The summed E-state index contributed by atoms with van der Waals surface area (Å²) in [5, 5.41) is 0. The predicted molar refractivity (Wildman–Crippen MR) is 90.0 cm³/mol. The topological polar surface area (TPSA) is 38.5 Å². The molecule has 1 saturated heterocycles. The molecule has 1 aliphatic heterocycles. The molecule has 0 saturated carbocycles. The van der Waals surface area contributed by atoms with Crippen LogP contribution in [0.4, 0.5) is 5.69 Å². The minimum atomic E-state index is -0.0650. The maximum Gasteiger partial charge on any atom is 0.0674 e. The summed E-state index contributed by atoms with van der Waals surface area (Å²) in [5.41, 5.74) is 10.1. The molecule has 1 heterocycles. The van der Waals surface area contributed by atoms with Crippen molar-refractivity contribution in [3.63, 3.8) is 0 Å². The summed E-state index contributed by atoms with van der Waals surface area (Å²) < 4.78 is 6.02. The Hall–Kier alpha value is -1.06. The van der Waals surface area contributed by atoms with E-state index >= 15 is 0 Å². The highest BCUT2D eigenvalue weighted by atomic mass is 16.5. The van der Waals surface area contributed by atoms with Gasteiger partial charge in [-0.1, -0.05) is 24.6 Å². The van der Waals surface area contributed by atoms with Crippen LogP contribution in [0.2, 0.25) is 0 Å². The van der Waals surface area contributed by atoms with E-state index in [0.29, 0.717) is 6.54 Å². The number of aryl methyl sites for hydroxylation is 2. The van der Waals surface area contributed by atoms with Gasteiger partial charge in [-0.2, -0.15) is 0 Å². The van der Waals surface area contributed by atoms with Gasteiger partial charge in [-0.25, -0.2) is 0 Å². The summed E-state index contributed by atoms with van der Waals surface area (Å²) >= 11 is 0. The third kappa shape index (κ3) is 3.09. The highest BCUT2D eigenvalue weighted by Crippen LogP contribution is 2.40. The molecule has 0 spiro atoms. The second-order valence-electron chi connectivity index (χ2n) is 6.86. The Balaban J connectivity index is 2.35. The van der Waals surface area contributed by atoms with E-state index in [1.54, 1.807) is 0 Å². The first-order valence-electron chi connectivity index (χ1n) is 8.01. The number of nitrogens with two attached hydrogens (primary N) is 1. The first-order valence-corrected chi connectivity index (χ1v) is 8.01. The molecule has 3 nitrogen and oxygen atoms in total. The zero-order valence-corrected chi connectivity index (χ0v) is 14.2. The maximum atomic E-state index is 6.24. The number of likely N-dealkylation sites (N-methyl/N-ethyl adjacent to an activating group) is 1. The SMILES string of the molecule is CCC1(C)CC(CN)(N(C)c2ccc(C)cc2C)CCO1. The summed E-state index contributed by atoms with van der Waals surface area (Å²) in [4.78, 5) is 2.40. The van der Waals surface area contributed by atoms with Gasteiger partial charge in [-0.3, -0.25) is 0 Å². The van der Waals surface area contributed by atoms with Crippen molar-refractivity contribution in [2.45, 2.75) is 58.1 Å². The molecule has 0 aromatic heterocycles. The van der Waals surface area contributed by atoms with Crippen molar-refractivity contribution in [2.75, 3.05) is 25.1 Å². The van der Waals surface area contributed by atoms with Gasteiger partial charge in [0.15, 0.2) is 0 Å². The molecular formula is C18H30N2O. The van der Waals surface area contributed by atoms with Gasteiger partial charge in [0.1, 0.15) is 0 Å². The zero-order valence-electron chi connectivity index (χ0n) is 14.2. The predicted octanol–water partition coefficient (Wildman–Crippen LogP) is 3.42. The molecule has 0 amide bonds. The number of ether oxygens (including phenoxy) is 1. The number of rotatable bonds is 4. The molecule has 0 bridgehead atoms. The molecule has 1 aromatic rings. The molecule has 2 N–H and O–H groups in total. The zero-order chi connectivity index (χ0) is 15.7. The van der Waals surface area contributed by atoms with E-state index in [1.807, 2.05) is 0 Å². The quantitative estimate of drug-likeness (QED) is 0.923. The van der Waals surface area contributed by atoms with Crippen LogP contribution in [-0.2, 0) is 4.74 Å². The maximum absolute atomic E-state index is 6.24. The van der Waals surface area contributed by atoms with Gasteiger partial charge >= 0.3 is 0 Å². The normalized spacial score (nSPS) is 29.4. The molecule has 1 fully saturated rings. The summed E-state index contributed by atoms with van der Waals surface area (Å²) in [6.07, 6.45) is 3.00. The van der Waals surface area contributed by atoms with Gasteiger partial charge in [0.25, 0.3) is 0 Å². The standard InChI is InChI=1S/C18H30N2O/c1-6-17(4)12-18(13-19,9-10-21-17)20(5)16-8-7-14(2)11-15(16)3/h7-8,11H,6,9-10,12-13,19H2,1-5H3. The van der Waals surface area contributed by atoms with Crippen LogP contribution < -0.4 is 10.6 Å². The molecule has 21 heavy (non-hydrogen) atoms. The van der Waals surface area contributed by atoms with Crippen molar-refractivity contribution in [3.8, 4) is 0 Å². The molecular weight excluding hydrogens is 260 g/mol. The average molecular weight is 290 g/mol. The van der Waals surface area contributed by atoms with Crippen LogP contribution in [0.15, 0.2) is 18.2 Å². The first kappa shape index (κ1) is 16.3. The molecule has 2 atom stereocenters. The molecule has 1 aromatic carbocycles. The summed E-state index contributed by atoms with van der Waals surface area (Å²) in [6, 6.07) is 6.65. The molecule has 0 radical (unpaired) electrons. The van der Waals surface area contributed by atoms with Crippen LogP contribution in [0.1, 0.15) is 44.2 Å². The van der Waals surface area contributed by atoms with Gasteiger partial charge in [0, 0.05) is 32.3 Å². The summed E-state index contributed by atoms with van der Waals surface area (Å²) in [6.45, 7) is 10.2. The number of anilines is 1. The minimum Gasteiger partial charge on any atom is -0.375 e. The van der Waals surface area contributed by atoms with E-state index in [9.17, 15) is 0 Å². The van der Waals surface area contributed by atoms with Crippen molar-refractivity contribution >= 4 is 5.69 Å². The highest BCUT2D eigenvalue weighted by molar-refractivity contribution is 5.56. The Kier molecular flexibility index (Phi) is 4.64. The minimum absolute atomic E-state index is 0.0109. The van der Waals surface area contributed by atoms with Crippen LogP contribution in [0.3, 0.4) is 0 Å². The van der Waals surface area contributed by atoms with E-state index in [-0.39, 0.29) is 11.1 Å². The Labute approximate surface area is 129 Å². The lowest BCUT2D eigenvalue weighted by atomic mass is 9.77. The third-order valence-corrected chi connectivity index (χ3v) is 5.27. The Morgan fingerprint density at radius 1 is 1.33 bits per heavy atom. The van der Waals surface area contributed by atoms with Crippen molar-refractivity contribution in [3.05, 3.63) is 29.3 Å². The molecule has 3 heteroatoms. The van der Waals surface area contributed by atoms with Crippen molar-refractivity contribution in [1.29, 1.82) is 0 Å². The van der Waals surface area contributed by atoms with E-state index in [2.05, 4.69) is 57.8 Å². The monoisotopic (exact) mass is 290 g/mol. The van der Waals surface area contributed by atoms with Crippen LogP contribution in [0.25, 0.3) is 0 Å². The van der Waals surface area contributed by atoms with Gasteiger partial charge < -0.3 is 15.4 Å². The smallest absolute Gasteiger partial charge is 0.0674 e. The lowest BCUT2D eigenvalue weighted by Crippen LogP contribution is -2.60. The molecule has 118 valence electrons. The molecule has 2 rings (SSSR count). The second-order valence-corrected chi connectivity index (χ2v) is 6.86.